The maximum Gasteiger partial charge on any atom is 0.399 e. The molecule has 21 heteroatoms. The van der Waals surface area contributed by atoms with Gasteiger partial charge in [0.15, 0.2) is 0 Å². The molecule has 1 unspecified atom stereocenters. The van der Waals surface area contributed by atoms with Gasteiger partial charge in [-0.1, -0.05) is 60.7 Å². The summed E-state index contributed by atoms with van der Waals surface area (Å²) in [4.78, 5) is 119. The summed E-state index contributed by atoms with van der Waals surface area (Å²) in [6.07, 6.45) is 1.76. The van der Waals surface area contributed by atoms with E-state index in [0.29, 0.717) is 53.9 Å². The monoisotopic (exact) mass is 1060 g/mol. The van der Waals surface area contributed by atoms with Crippen LogP contribution in [-0.2, 0) is 40.7 Å². The van der Waals surface area contributed by atoms with Gasteiger partial charge < -0.3 is 34.7 Å². The molecule has 7 amide bonds. The van der Waals surface area contributed by atoms with E-state index in [1.807, 2.05) is 6.07 Å². The zero-order valence-corrected chi connectivity index (χ0v) is 41.7. The fraction of sp³-hybridized carbons (Fsp3) is 0.408. The van der Waals surface area contributed by atoms with E-state index in [1.165, 1.54) is 26.8 Å². The third-order valence-corrected chi connectivity index (χ3v) is 15.8. The minimum absolute atomic E-state index is 0.00299. The van der Waals surface area contributed by atoms with Gasteiger partial charge in [0.1, 0.15) is 18.1 Å². The van der Waals surface area contributed by atoms with Crippen molar-refractivity contribution < 1.29 is 56.7 Å². The van der Waals surface area contributed by atoms with Crippen molar-refractivity contribution in [2.24, 2.45) is 11.3 Å². The molecular weight excluding hydrogens is 1010 g/mol. The first-order valence-corrected chi connectivity index (χ1v) is 25.9. The molecule has 16 nitrogen and oxygen atoms in total. The highest BCUT2D eigenvalue weighted by atomic mass is 79.9. The lowest BCUT2D eigenvalue weighted by atomic mass is 9.85. The number of nitrogens with zero attached hydrogens (tertiary/aromatic N) is 4. The van der Waals surface area contributed by atoms with E-state index in [1.54, 1.807) is 62.1 Å². The maximum atomic E-state index is 14.6. The number of fused-ring (bicyclic) bond motifs is 2. The first-order chi connectivity index (χ1) is 33.0. The summed E-state index contributed by atoms with van der Waals surface area (Å²) in [5.41, 5.74) is -3.79. The van der Waals surface area contributed by atoms with E-state index in [2.05, 4.69) is 38.4 Å². The van der Waals surface area contributed by atoms with Crippen molar-refractivity contribution in [2.75, 3.05) is 31.1 Å². The highest BCUT2D eigenvalue weighted by molar-refractivity contribution is 9.10. The molecule has 4 aliphatic rings. The molecule has 0 aliphatic carbocycles. The van der Waals surface area contributed by atoms with E-state index in [4.69, 9.17) is 0 Å². The summed E-state index contributed by atoms with van der Waals surface area (Å²) in [6.45, 7) is 6.68. The molecule has 4 aromatic rings. The highest BCUT2D eigenvalue weighted by Gasteiger charge is 2.50. The molecule has 0 bridgehead atoms. The number of likely N-dealkylation sites (tertiary alicyclic amines) is 2. The molecule has 3 atom stereocenters. The molecule has 1 aromatic heterocycles. The maximum absolute atomic E-state index is 14.6. The van der Waals surface area contributed by atoms with Crippen molar-refractivity contribution in [3.8, 4) is 11.8 Å². The van der Waals surface area contributed by atoms with Gasteiger partial charge in [0.25, 0.3) is 11.8 Å². The Hall–Kier alpha value is -5.84. The molecule has 3 fully saturated rings. The lowest BCUT2D eigenvalue weighted by Gasteiger charge is -2.39. The first-order valence-electron chi connectivity index (χ1n) is 22.7. The molecule has 5 heterocycles. The summed E-state index contributed by atoms with van der Waals surface area (Å²) in [5.74, 6) is 3.66. The highest BCUT2D eigenvalue weighted by Crippen LogP contribution is 2.59. The van der Waals surface area contributed by atoms with Crippen molar-refractivity contribution in [1.82, 2.24) is 25.3 Å². The zero-order chi connectivity index (χ0) is 50.4. The van der Waals surface area contributed by atoms with E-state index < -0.39 is 66.0 Å². The van der Waals surface area contributed by atoms with Crippen LogP contribution in [0.5, 0.6) is 0 Å². The average Bonchev–Trinajstić information content (AvgIpc) is 4.04. The zero-order valence-electron chi connectivity index (χ0n) is 38.4. The van der Waals surface area contributed by atoms with Crippen LogP contribution < -0.4 is 15.5 Å². The van der Waals surface area contributed by atoms with Crippen LogP contribution in [0.3, 0.4) is 0 Å². The number of benzene rings is 3. The summed E-state index contributed by atoms with van der Waals surface area (Å²) in [5, 5.41) is 5.28. The fourth-order valence-corrected chi connectivity index (χ4v) is 10.9. The van der Waals surface area contributed by atoms with E-state index in [9.17, 15) is 56.7 Å². The van der Waals surface area contributed by atoms with Crippen LogP contribution in [-0.4, -0.2) is 110 Å². The van der Waals surface area contributed by atoms with Crippen LogP contribution in [0.15, 0.2) is 71.2 Å². The van der Waals surface area contributed by atoms with Crippen LogP contribution in [0.25, 0.3) is 10.1 Å². The van der Waals surface area contributed by atoms with Crippen molar-refractivity contribution in [3.63, 3.8) is 0 Å². The third-order valence-electron chi connectivity index (χ3n) is 13.1. The molecule has 368 valence electrons. The predicted molar refractivity (Wildman–Crippen MR) is 258 cm³/mol. The smallest absolute Gasteiger partial charge is 0.342 e. The number of imide groups is 1. The number of carbonyl (C=O) groups is 7. The number of anilines is 1. The molecule has 8 rings (SSSR count). The number of hydrogen-bond acceptors (Lipinski definition) is 9. The van der Waals surface area contributed by atoms with Crippen molar-refractivity contribution in [3.05, 3.63) is 98.3 Å². The van der Waals surface area contributed by atoms with Crippen LogP contribution in [0.1, 0.15) is 96.0 Å². The Morgan fingerprint density at radius 3 is 2.43 bits per heavy atom. The van der Waals surface area contributed by atoms with E-state index in [0.717, 1.165) is 33.5 Å². The fourth-order valence-electron chi connectivity index (χ4n) is 9.24. The summed E-state index contributed by atoms with van der Waals surface area (Å²) < 4.78 is 41.7. The third kappa shape index (κ3) is 10.3. The Labute approximate surface area is 414 Å². The number of alkyl halides is 2. The normalized spacial score (nSPS) is 19.0. The summed E-state index contributed by atoms with van der Waals surface area (Å²) in [6, 6.07) is 13.9. The number of halogens is 3. The standard InChI is InChI=1S/C49H50BrF2N6O10PS/c1-48(2,3)42(54-44(62)39-24-30-23-31(12-18-38(30)70-39)49(51,52)69(66,67)68)47(65)57-21-6-11-37(57)46(64)56(33-15-13-32(50)14-16-33)22-20-41(60)55-25-28(26-55)7-4-8-29-9-5-10-34-35(29)27-58(45(34)63)36-17-19-40(59)53-43(36)61/h5,9-10,12-16,18,23-24,28,36-37,42H,6-7,11,17,19-22,25-27H2,1-3H3,(H,54,62)(H,53,59,61)(H2,66,67,68)/t36?,37-,42+/m0/s1. The molecule has 0 spiro atoms. The van der Waals surface area contributed by atoms with Crippen LogP contribution in [0.4, 0.5) is 14.5 Å². The second-order valence-corrected chi connectivity index (χ2v) is 22.7. The van der Waals surface area contributed by atoms with Gasteiger partial charge in [0.05, 0.1) is 4.88 Å². The van der Waals surface area contributed by atoms with Crippen molar-refractivity contribution >= 4 is 92.0 Å². The number of thiophene rings is 1. The molecule has 0 saturated carbocycles. The Bertz CT molecular complexity index is 2920. The number of hydrogen-bond donors (Lipinski definition) is 4. The second-order valence-electron chi connectivity index (χ2n) is 19.0. The van der Waals surface area contributed by atoms with Gasteiger partial charge in [0, 0.05) is 89.5 Å². The topological polar surface area (TPSA) is 214 Å². The second kappa shape index (κ2) is 19.7. The van der Waals surface area contributed by atoms with Gasteiger partial charge in [-0.3, -0.25) is 43.4 Å². The van der Waals surface area contributed by atoms with Crippen LogP contribution >= 0.6 is 34.9 Å². The minimum Gasteiger partial charge on any atom is -0.342 e. The minimum atomic E-state index is -5.83. The summed E-state index contributed by atoms with van der Waals surface area (Å²) >= 11 is 4.40. The number of amides is 7. The number of piperidine rings is 1. The number of rotatable bonds is 12. The van der Waals surface area contributed by atoms with Crippen molar-refractivity contribution in [2.45, 2.75) is 89.6 Å². The average molecular weight is 1060 g/mol. The number of carbonyl (C=O) groups excluding carboxylic acids is 7. The summed E-state index contributed by atoms with van der Waals surface area (Å²) in [7, 11) is -5.83. The molecule has 4 N–H and O–H groups in total. The predicted octanol–water partition coefficient (Wildman–Crippen LogP) is 6.11. The molecule has 3 aromatic carbocycles. The number of nitrogens with one attached hydrogen (secondary N) is 2. The van der Waals surface area contributed by atoms with E-state index in [-0.39, 0.29) is 72.8 Å². The van der Waals surface area contributed by atoms with Gasteiger partial charge in [-0.05, 0) is 90.2 Å². The Morgan fingerprint density at radius 2 is 1.74 bits per heavy atom. The first kappa shape index (κ1) is 50.5. The largest absolute Gasteiger partial charge is 0.399 e. The van der Waals surface area contributed by atoms with Gasteiger partial charge >= 0.3 is 13.3 Å². The van der Waals surface area contributed by atoms with Gasteiger partial charge in [-0.2, -0.15) is 8.78 Å². The lowest BCUT2D eigenvalue weighted by Crippen LogP contribution is -2.58. The molecular formula is C49H50BrF2N6O10PS. The van der Waals surface area contributed by atoms with Gasteiger partial charge in [-0.25, -0.2) is 0 Å². The van der Waals surface area contributed by atoms with Crippen LogP contribution in [0, 0.1) is 23.2 Å². The van der Waals surface area contributed by atoms with Gasteiger partial charge in [-0.15, -0.1) is 11.3 Å². The van der Waals surface area contributed by atoms with Crippen molar-refractivity contribution in [1.29, 1.82) is 0 Å². The molecule has 3 saturated heterocycles. The van der Waals surface area contributed by atoms with Crippen LogP contribution in [0.2, 0.25) is 0 Å². The Balaban J connectivity index is 0.897. The Kier molecular flexibility index (Phi) is 14.3. The molecule has 4 aliphatic heterocycles. The van der Waals surface area contributed by atoms with Gasteiger partial charge in [0.2, 0.25) is 29.5 Å². The SMILES string of the molecule is CC(C)(C)[C@H](NC(=O)c1cc2cc(C(F)(F)P(=O)(O)O)ccc2s1)C(=O)N1CCC[C@H]1C(=O)N(CCC(=O)N1CC(CC#Cc2cccc3c2CN(C2CCC(=O)NC2=O)C3=O)C1)c1ccc(Br)cc1. The molecule has 70 heavy (non-hydrogen) atoms. The van der Waals surface area contributed by atoms with E-state index >= 15 is 0 Å². The Morgan fingerprint density at radius 1 is 1.01 bits per heavy atom. The quantitative estimate of drug-likeness (QED) is 0.0726. The molecule has 0 radical (unpaired) electrons. The lowest BCUT2D eigenvalue weighted by molar-refractivity contribution is -0.141.